The number of aliphatic hydroxyl groups is 10. The van der Waals surface area contributed by atoms with E-state index in [1.165, 1.54) is 31.4 Å². The molecule has 0 bridgehead atoms. The zero-order valence-electron chi connectivity index (χ0n) is 41.9. The summed E-state index contributed by atoms with van der Waals surface area (Å²) in [4.78, 5) is 50.9. The van der Waals surface area contributed by atoms with Gasteiger partial charge in [-0.25, -0.2) is 0 Å². The van der Waals surface area contributed by atoms with Gasteiger partial charge in [0.15, 0.2) is 25.2 Å². The van der Waals surface area contributed by atoms with E-state index in [0.29, 0.717) is 12.4 Å². The first-order valence-electron chi connectivity index (χ1n) is 25.0. The Hall–Kier alpha value is -4.04. The van der Waals surface area contributed by atoms with Crippen molar-refractivity contribution in [1.29, 1.82) is 0 Å². The van der Waals surface area contributed by atoms with Gasteiger partial charge < -0.3 is 110 Å². The quantitative estimate of drug-likeness (QED) is 0.0326. The van der Waals surface area contributed by atoms with Gasteiger partial charge in [0.25, 0.3) is 5.91 Å². The molecule has 14 N–H and O–H groups in total. The topological polar surface area (TPSA) is 393 Å². The number of aliphatic hydroxyl groups excluding tert-OH is 10. The van der Waals surface area contributed by atoms with Gasteiger partial charge in [0.05, 0.1) is 33.0 Å². The summed E-state index contributed by atoms with van der Waals surface area (Å²) in [6, 6.07) is -0.191. The van der Waals surface area contributed by atoms with E-state index in [1.54, 1.807) is 12.1 Å². The van der Waals surface area contributed by atoms with Crippen molar-refractivity contribution in [2.45, 2.75) is 195 Å². The maximum absolute atomic E-state index is 13.8. The van der Waals surface area contributed by atoms with Crippen LogP contribution in [0.4, 0.5) is 0 Å². The van der Waals surface area contributed by atoms with Gasteiger partial charge in [0, 0.05) is 26.3 Å². The molecule has 4 aliphatic heterocycles. The largest absolute Gasteiger partial charge is 0.494 e. The Morgan fingerprint density at radius 1 is 0.541 bits per heavy atom. The molecule has 4 fully saturated rings. The standard InChI is InChI=1S/C48H76N4O22/c1-5-6-7-8-9-10-11-12-13-17-67-27-16-14-15-26(18-27)44(65)52-33-37(61)36(60)28(19-53)69-46(33)73-42-30(21-55)71-48(35(39(42)63)51-25(4)59)74-43-31(22-56)70-47(34(40(43)64)50-24(3)58)72-41-29(20-54)68-45(66)32(38(41)62)49-23(2)57/h10-11,14-16,18,28-43,45-48,53-56,60-64,66H,5-9,12-13,17,19-22H2,1-4H3,(H,49,57)(H,50,58)(H,51,59)(H,52,65)/t28-,29-,30-,31-,32-,33-,34-,35-,36-,37-,38-,39-,40-,41-,42-,43-,45?,46+,47+,48+/m1/s1. The molecule has 26 nitrogen and oxygen atoms in total. The number of nitrogens with one attached hydrogen (secondary N) is 4. The molecule has 1 unspecified atom stereocenters. The fraction of sp³-hybridized carbons (Fsp3) is 0.750. The van der Waals surface area contributed by atoms with E-state index in [2.05, 4.69) is 40.3 Å². The van der Waals surface area contributed by atoms with Gasteiger partial charge in [-0.05, 0) is 43.9 Å². The van der Waals surface area contributed by atoms with E-state index in [1.807, 2.05) is 0 Å². The lowest BCUT2D eigenvalue weighted by molar-refractivity contribution is -0.361. The molecule has 4 heterocycles. The first-order valence-corrected chi connectivity index (χ1v) is 25.0. The lowest BCUT2D eigenvalue weighted by atomic mass is 9.93. The molecule has 0 saturated carbocycles. The average Bonchev–Trinajstić information content (AvgIpc) is 3.36. The minimum Gasteiger partial charge on any atom is -0.494 e. The van der Waals surface area contributed by atoms with E-state index in [9.17, 15) is 70.2 Å². The molecule has 20 atom stereocenters. The summed E-state index contributed by atoms with van der Waals surface area (Å²) in [7, 11) is 0. The highest BCUT2D eigenvalue weighted by Gasteiger charge is 2.56. The SMILES string of the molecule is CCCCCCC=CCCCOc1cccc(C(=O)N[C@H]2[C@H](O[C@H]3[C@H](O)[C@@H](NC(C)=O)[C@H](O[C@H]4[C@H](O)[C@@H](NC(C)=O)[C@H](O[C@H]5[C@H](O)[C@@H](NC(C)=O)C(O)O[C@@H]5CO)O[C@@H]4CO)O[C@@H]3CO)O[C@H](CO)[C@@H](O)[C@@H]2O)c1. The highest BCUT2D eigenvalue weighted by molar-refractivity contribution is 5.94. The smallest absolute Gasteiger partial charge is 0.251 e. The van der Waals surface area contributed by atoms with E-state index in [-0.39, 0.29) is 5.56 Å². The summed E-state index contributed by atoms with van der Waals surface area (Å²) < 4.78 is 47.4. The molecule has 4 saturated heterocycles. The molecule has 5 rings (SSSR count). The van der Waals surface area contributed by atoms with Crippen LogP contribution < -0.4 is 26.0 Å². The number of unbranched alkanes of at least 4 members (excludes halogenated alkanes) is 5. The van der Waals surface area contributed by atoms with E-state index in [4.69, 9.17) is 37.9 Å². The first-order chi connectivity index (χ1) is 35.4. The first kappa shape index (κ1) is 60.8. The lowest BCUT2D eigenvalue weighted by Gasteiger charge is -2.51. The van der Waals surface area contributed by atoms with E-state index in [0.717, 1.165) is 46.5 Å². The summed E-state index contributed by atoms with van der Waals surface area (Å²) in [6.45, 7) is 2.23. The second kappa shape index (κ2) is 29.5. The number of hydrogen-bond acceptors (Lipinski definition) is 22. The molecule has 0 aromatic heterocycles. The molecule has 0 spiro atoms. The van der Waals surface area contributed by atoms with Crippen LogP contribution in [0, 0.1) is 0 Å². The van der Waals surface area contributed by atoms with Crippen LogP contribution in [0.2, 0.25) is 0 Å². The maximum Gasteiger partial charge on any atom is 0.251 e. The van der Waals surface area contributed by atoms with Gasteiger partial charge in [-0.1, -0.05) is 44.4 Å². The van der Waals surface area contributed by atoms with Crippen molar-refractivity contribution in [3.05, 3.63) is 42.0 Å². The molecule has 4 amide bonds. The minimum absolute atomic E-state index is 0.0817. The number of carbonyl (C=O) groups excluding carboxylic acids is 4. The molecule has 26 heteroatoms. The summed E-state index contributed by atoms with van der Waals surface area (Å²) >= 11 is 0. The number of rotatable bonds is 25. The van der Waals surface area contributed by atoms with Gasteiger partial charge in [-0.2, -0.15) is 0 Å². The van der Waals surface area contributed by atoms with Gasteiger partial charge in [0.1, 0.15) is 103 Å². The molecule has 1 aromatic rings. The Kier molecular flexibility index (Phi) is 24.2. The van der Waals surface area contributed by atoms with Crippen LogP contribution in [0.1, 0.15) is 83.0 Å². The monoisotopic (exact) mass is 1060 g/mol. The molecule has 74 heavy (non-hydrogen) atoms. The molecule has 0 aliphatic carbocycles. The van der Waals surface area contributed by atoms with Crippen molar-refractivity contribution >= 4 is 23.6 Å². The minimum atomic E-state index is -1.94. The third kappa shape index (κ3) is 16.0. The second-order valence-corrected chi connectivity index (χ2v) is 18.7. The van der Waals surface area contributed by atoms with Crippen LogP contribution in [0.25, 0.3) is 0 Å². The summed E-state index contributed by atoms with van der Waals surface area (Å²) in [6.07, 6.45) is -16.1. The number of benzene rings is 1. The van der Waals surface area contributed by atoms with Gasteiger partial charge in [0.2, 0.25) is 17.7 Å². The maximum atomic E-state index is 13.8. The van der Waals surface area contributed by atoms with Crippen molar-refractivity contribution < 1.29 is 108 Å². The number of ether oxygens (including phenoxy) is 8. The second-order valence-electron chi connectivity index (χ2n) is 18.7. The van der Waals surface area contributed by atoms with Crippen LogP contribution in [0.15, 0.2) is 36.4 Å². The van der Waals surface area contributed by atoms with Crippen LogP contribution in [-0.4, -0.2) is 230 Å². The van der Waals surface area contributed by atoms with Crippen molar-refractivity contribution in [2.24, 2.45) is 0 Å². The fourth-order valence-corrected chi connectivity index (χ4v) is 9.21. The lowest BCUT2D eigenvalue weighted by Crippen LogP contribution is -2.71. The van der Waals surface area contributed by atoms with Crippen molar-refractivity contribution in [3.8, 4) is 5.75 Å². The zero-order valence-corrected chi connectivity index (χ0v) is 41.9. The van der Waals surface area contributed by atoms with E-state index >= 15 is 0 Å². The Bertz CT molecular complexity index is 1960. The van der Waals surface area contributed by atoms with Crippen molar-refractivity contribution in [1.82, 2.24) is 21.3 Å². The van der Waals surface area contributed by atoms with Crippen LogP contribution in [0.3, 0.4) is 0 Å². The Labute approximate surface area is 428 Å². The number of hydrogen-bond donors (Lipinski definition) is 14. The number of allylic oxidation sites excluding steroid dienone is 2. The highest BCUT2D eigenvalue weighted by atomic mass is 16.8. The highest BCUT2D eigenvalue weighted by Crippen LogP contribution is 2.35. The number of amides is 4. The predicted molar refractivity (Wildman–Crippen MR) is 253 cm³/mol. The third-order valence-electron chi connectivity index (χ3n) is 13.0. The summed E-state index contributed by atoms with van der Waals surface area (Å²) in [5.74, 6) is -2.58. The third-order valence-corrected chi connectivity index (χ3v) is 13.0. The predicted octanol–water partition coefficient (Wildman–Crippen LogP) is -4.19. The normalized spacial score (nSPS) is 36.5. The van der Waals surface area contributed by atoms with Crippen molar-refractivity contribution in [3.63, 3.8) is 0 Å². The van der Waals surface area contributed by atoms with Crippen molar-refractivity contribution in [2.75, 3.05) is 33.0 Å². The van der Waals surface area contributed by atoms with Gasteiger partial charge in [-0.3, -0.25) is 19.2 Å². The van der Waals surface area contributed by atoms with E-state index < -0.39 is 173 Å². The zero-order chi connectivity index (χ0) is 54.2. The summed E-state index contributed by atoms with van der Waals surface area (Å²) in [5.41, 5.74) is 0.0817. The molecule has 420 valence electrons. The van der Waals surface area contributed by atoms with Gasteiger partial charge >= 0.3 is 0 Å². The molecule has 4 aliphatic rings. The van der Waals surface area contributed by atoms with Crippen LogP contribution in [0.5, 0.6) is 5.75 Å². The summed E-state index contributed by atoms with van der Waals surface area (Å²) in [5, 5.41) is 119. The molecule has 1 aromatic carbocycles. The number of carbonyl (C=O) groups is 4. The average molecular weight is 1060 g/mol. The van der Waals surface area contributed by atoms with Gasteiger partial charge in [-0.15, -0.1) is 0 Å². The van der Waals surface area contributed by atoms with Crippen LogP contribution >= 0.6 is 0 Å². The fourth-order valence-electron chi connectivity index (χ4n) is 9.21. The Balaban J connectivity index is 1.32. The molecule has 0 radical (unpaired) electrons. The van der Waals surface area contributed by atoms with Crippen LogP contribution in [-0.2, 0) is 47.5 Å². The molecular weight excluding hydrogens is 985 g/mol. The molecular formula is C48H76N4O22. The Morgan fingerprint density at radius 2 is 0.986 bits per heavy atom. The Morgan fingerprint density at radius 3 is 1.47 bits per heavy atom.